The molecule has 2 aromatic carbocycles. The third-order valence-electron chi connectivity index (χ3n) is 7.61. The van der Waals surface area contributed by atoms with Crippen molar-refractivity contribution in [2.45, 2.75) is 130 Å². The average molecular weight is 626 g/mol. The summed E-state index contributed by atoms with van der Waals surface area (Å²) in [6.45, 7) is 13.5. The van der Waals surface area contributed by atoms with Crippen molar-refractivity contribution < 1.29 is 29.3 Å². The van der Waals surface area contributed by atoms with Crippen molar-refractivity contribution in [3.63, 3.8) is 0 Å². The van der Waals surface area contributed by atoms with Gasteiger partial charge in [-0.1, -0.05) is 70.6 Å². The molecular formula is C36H55N3O6. The number of nitrogens with zero attached hydrogens (tertiary/aromatic N) is 1. The third-order valence-corrected chi connectivity index (χ3v) is 7.61. The van der Waals surface area contributed by atoms with E-state index in [0.717, 1.165) is 50.5 Å². The molecule has 9 heteroatoms. The number of nitrogens with one attached hydrogen (secondary N) is 2. The van der Waals surface area contributed by atoms with Crippen molar-refractivity contribution in [3.8, 4) is 11.5 Å². The highest BCUT2D eigenvalue weighted by atomic mass is 16.6. The van der Waals surface area contributed by atoms with Gasteiger partial charge in [-0.05, 0) is 88.4 Å². The molecular weight excluding hydrogens is 570 g/mol. The summed E-state index contributed by atoms with van der Waals surface area (Å²) in [4.78, 5) is 43.3. The van der Waals surface area contributed by atoms with Crippen LogP contribution >= 0.6 is 0 Å². The molecule has 0 heterocycles. The van der Waals surface area contributed by atoms with E-state index >= 15 is 0 Å². The van der Waals surface area contributed by atoms with E-state index in [4.69, 9.17) is 4.74 Å². The van der Waals surface area contributed by atoms with E-state index in [0.29, 0.717) is 24.1 Å². The number of carbonyl (C=O) groups is 3. The molecule has 3 atom stereocenters. The molecule has 9 nitrogen and oxygen atoms in total. The van der Waals surface area contributed by atoms with Crippen LogP contribution in [0, 0.1) is 6.92 Å². The second-order valence-corrected chi connectivity index (χ2v) is 13.0. The minimum absolute atomic E-state index is 0.0899. The number of benzene rings is 2. The van der Waals surface area contributed by atoms with Gasteiger partial charge < -0.3 is 30.5 Å². The monoisotopic (exact) mass is 625 g/mol. The van der Waals surface area contributed by atoms with Gasteiger partial charge in [0.25, 0.3) is 0 Å². The summed E-state index contributed by atoms with van der Waals surface area (Å²) in [6.07, 6.45) is 7.01. The number of alkyl carbamates (subject to hydrolysis) is 1. The molecule has 0 saturated carbocycles. The highest BCUT2D eigenvalue weighted by Crippen LogP contribution is 2.28. The van der Waals surface area contributed by atoms with Crippen molar-refractivity contribution in [2.24, 2.45) is 0 Å². The second kappa shape index (κ2) is 18.3. The fraction of sp³-hybridized carbons (Fsp3) is 0.583. The number of unbranched alkanes of at least 4 members (excludes halogenated alkanes) is 5. The number of rotatable bonds is 17. The lowest BCUT2D eigenvalue weighted by Gasteiger charge is -2.35. The zero-order valence-electron chi connectivity index (χ0n) is 28.3. The molecule has 0 aliphatic carbocycles. The Morgan fingerprint density at radius 3 is 2.13 bits per heavy atom. The summed E-state index contributed by atoms with van der Waals surface area (Å²) < 4.78 is 5.52. The Balaban J connectivity index is 2.58. The topological polar surface area (TPSA) is 128 Å². The highest BCUT2D eigenvalue weighted by molar-refractivity contribution is 5.92. The summed E-state index contributed by atoms with van der Waals surface area (Å²) in [5.74, 6) is -0.549. The standard InChI is InChI=1S/C36H55N3O6/c1-8-10-11-12-13-14-22-39(32(33(42)37-26(4)15-9-2)28-18-21-31(41)25(3)23-28)34(43)30(38-35(44)45-36(5,6)7)24-27-16-19-29(40)20-17-27/h16-21,23,26,30,32,40-41H,8-15,22,24H2,1-7H3,(H,37,42)(H,38,44). The van der Waals surface area contributed by atoms with Gasteiger partial charge in [0.05, 0.1) is 0 Å². The predicted octanol–water partition coefficient (Wildman–Crippen LogP) is 7.08. The number of hydrogen-bond acceptors (Lipinski definition) is 6. The lowest BCUT2D eigenvalue weighted by molar-refractivity contribution is -0.142. The molecule has 45 heavy (non-hydrogen) atoms. The molecule has 0 aromatic heterocycles. The number of phenols is 2. The summed E-state index contributed by atoms with van der Waals surface area (Å²) in [5, 5.41) is 26.0. The van der Waals surface area contributed by atoms with Crippen molar-refractivity contribution >= 4 is 17.9 Å². The smallest absolute Gasteiger partial charge is 0.408 e. The molecule has 3 amide bonds. The zero-order valence-corrected chi connectivity index (χ0v) is 28.3. The van der Waals surface area contributed by atoms with Crippen LogP contribution in [-0.2, 0) is 20.7 Å². The van der Waals surface area contributed by atoms with E-state index in [-0.39, 0.29) is 29.9 Å². The Bertz CT molecular complexity index is 1220. The van der Waals surface area contributed by atoms with Gasteiger partial charge in [0.15, 0.2) is 0 Å². The Kier molecular flexibility index (Phi) is 15.2. The van der Waals surface area contributed by atoms with Gasteiger partial charge in [0, 0.05) is 19.0 Å². The Hall–Kier alpha value is -3.75. The van der Waals surface area contributed by atoms with Gasteiger partial charge in [-0.3, -0.25) is 9.59 Å². The lowest BCUT2D eigenvalue weighted by Crippen LogP contribution is -2.54. The number of hydrogen-bond donors (Lipinski definition) is 4. The van der Waals surface area contributed by atoms with Crippen molar-refractivity contribution in [1.82, 2.24) is 15.5 Å². The van der Waals surface area contributed by atoms with Crippen LogP contribution in [0.1, 0.15) is 116 Å². The maximum atomic E-state index is 14.6. The fourth-order valence-electron chi connectivity index (χ4n) is 5.30. The summed E-state index contributed by atoms with van der Waals surface area (Å²) >= 11 is 0. The molecule has 0 saturated heterocycles. The number of aromatic hydroxyl groups is 2. The van der Waals surface area contributed by atoms with E-state index in [1.165, 1.54) is 12.1 Å². The second-order valence-electron chi connectivity index (χ2n) is 13.0. The predicted molar refractivity (Wildman–Crippen MR) is 178 cm³/mol. The lowest BCUT2D eigenvalue weighted by atomic mass is 9.97. The Labute approximate surface area is 269 Å². The molecule has 0 radical (unpaired) electrons. The van der Waals surface area contributed by atoms with Gasteiger partial charge in [-0.15, -0.1) is 0 Å². The van der Waals surface area contributed by atoms with E-state index in [1.54, 1.807) is 62.9 Å². The third kappa shape index (κ3) is 13.0. The minimum atomic E-state index is -1.05. The van der Waals surface area contributed by atoms with Crippen LogP contribution in [-0.4, -0.2) is 57.3 Å². The van der Waals surface area contributed by atoms with Gasteiger partial charge in [-0.2, -0.15) is 0 Å². The highest BCUT2D eigenvalue weighted by Gasteiger charge is 2.36. The van der Waals surface area contributed by atoms with Crippen molar-refractivity contribution in [2.75, 3.05) is 6.54 Å². The number of carbonyl (C=O) groups excluding carboxylic acids is 3. The molecule has 0 bridgehead atoms. The normalized spacial score (nSPS) is 13.4. The van der Waals surface area contributed by atoms with E-state index in [2.05, 4.69) is 17.6 Å². The minimum Gasteiger partial charge on any atom is -0.508 e. The van der Waals surface area contributed by atoms with E-state index in [9.17, 15) is 24.6 Å². The van der Waals surface area contributed by atoms with Crippen LogP contribution in [0.5, 0.6) is 11.5 Å². The summed E-state index contributed by atoms with van der Waals surface area (Å²) in [5.41, 5.74) is 1.10. The molecule has 0 spiro atoms. The maximum absolute atomic E-state index is 14.6. The Morgan fingerprint density at radius 1 is 0.889 bits per heavy atom. The molecule has 0 aliphatic heterocycles. The number of phenolic OH excluding ortho intramolecular Hbond substituents is 2. The van der Waals surface area contributed by atoms with Gasteiger partial charge >= 0.3 is 6.09 Å². The first-order valence-electron chi connectivity index (χ1n) is 16.4. The van der Waals surface area contributed by atoms with Crippen LogP contribution in [0.3, 0.4) is 0 Å². The summed E-state index contributed by atoms with van der Waals surface area (Å²) in [6, 6.07) is 9.26. The molecule has 2 rings (SSSR count). The zero-order chi connectivity index (χ0) is 33.6. The molecule has 250 valence electrons. The number of aryl methyl sites for hydroxylation is 1. The SMILES string of the molecule is CCCCCCCCN(C(=O)C(Cc1ccc(O)cc1)NC(=O)OC(C)(C)C)C(C(=O)NC(C)CCC)c1ccc(O)c(C)c1. The summed E-state index contributed by atoms with van der Waals surface area (Å²) in [7, 11) is 0. The maximum Gasteiger partial charge on any atom is 0.408 e. The number of amides is 3. The fourth-order valence-corrected chi connectivity index (χ4v) is 5.30. The number of ether oxygens (including phenoxy) is 1. The average Bonchev–Trinajstić information content (AvgIpc) is 2.95. The quantitative estimate of drug-likeness (QED) is 0.139. The van der Waals surface area contributed by atoms with Gasteiger partial charge in [0.1, 0.15) is 29.2 Å². The molecule has 3 unspecified atom stereocenters. The van der Waals surface area contributed by atoms with Gasteiger partial charge in [-0.25, -0.2) is 4.79 Å². The largest absolute Gasteiger partial charge is 0.508 e. The van der Waals surface area contributed by atoms with E-state index in [1.807, 2.05) is 13.8 Å². The Morgan fingerprint density at radius 2 is 1.53 bits per heavy atom. The first kappa shape index (κ1) is 37.4. The van der Waals surface area contributed by atoms with Crippen molar-refractivity contribution in [3.05, 3.63) is 59.2 Å². The van der Waals surface area contributed by atoms with E-state index < -0.39 is 29.7 Å². The van der Waals surface area contributed by atoms with Gasteiger partial charge in [0.2, 0.25) is 11.8 Å². The van der Waals surface area contributed by atoms with Crippen LogP contribution in [0.15, 0.2) is 42.5 Å². The molecule has 0 aliphatic rings. The molecule has 2 aromatic rings. The first-order chi connectivity index (χ1) is 21.2. The van der Waals surface area contributed by atoms with Crippen molar-refractivity contribution in [1.29, 1.82) is 0 Å². The first-order valence-corrected chi connectivity index (χ1v) is 16.4. The molecule has 4 N–H and O–H groups in total. The van der Waals surface area contributed by atoms with Crippen LogP contribution in [0.4, 0.5) is 4.79 Å². The van der Waals surface area contributed by atoms with Crippen LogP contribution < -0.4 is 10.6 Å². The molecule has 0 fully saturated rings. The van der Waals surface area contributed by atoms with Crippen LogP contribution in [0.25, 0.3) is 0 Å². The van der Waals surface area contributed by atoms with Crippen LogP contribution in [0.2, 0.25) is 0 Å².